The second kappa shape index (κ2) is 6.32. The Kier molecular flexibility index (Phi) is 4.49. The summed E-state index contributed by atoms with van der Waals surface area (Å²) in [6.45, 7) is 1.54. The zero-order valence-corrected chi connectivity index (χ0v) is 11.5. The number of pyridine rings is 1. The van der Waals surface area contributed by atoms with Crippen molar-refractivity contribution in [2.75, 3.05) is 11.9 Å². The molecule has 2 rings (SSSR count). The van der Waals surface area contributed by atoms with Crippen LogP contribution in [0.2, 0.25) is 0 Å². The minimum atomic E-state index is -1.29. The smallest absolute Gasteiger partial charge is 0.319 e. The summed E-state index contributed by atoms with van der Waals surface area (Å²) in [5.41, 5.74) is -0.220. The normalized spacial score (nSPS) is 13.3. The van der Waals surface area contributed by atoms with Crippen LogP contribution in [0.3, 0.4) is 0 Å². The highest BCUT2D eigenvalue weighted by Gasteiger charge is 2.23. The minimum absolute atomic E-state index is 0.00920. The first-order valence-corrected chi connectivity index (χ1v) is 6.41. The molecular weight excluding hydrogens is 273 g/mol. The van der Waals surface area contributed by atoms with Crippen molar-refractivity contribution in [3.63, 3.8) is 0 Å². The van der Waals surface area contributed by atoms with Crippen molar-refractivity contribution >= 4 is 11.7 Å². The molecule has 1 aromatic heterocycles. The Balaban J connectivity index is 1.92. The van der Waals surface area contributed by atoms with E-state index < -0.39 is 11.6 Å². The van der Waals surface area contributed by atoms with E-state index in [4.69, 9.17) is 0 Å². The maximum absolute atomic E-state index is 12.9. The highest BCUT2D eigenvalue weighted by atomic mass is 19.1. The fourth-order valence-corrected chi connectivity index (χ4v) is 1.78. The molecule has 0 saturated carbocycles. The van der Waals surface area contributed by atoms with E-state index in [0.717, 1.165) is 0 Å². The van der Waals surface area contributed by atoms with Gasteiger partial charge in [0.05, 0.1) is 18.4 Å². The molecule has 1 heterocycles. The summed E-state index contributed by atoms with van der Waals surface area (Å²) in [4.78, 5) is 15.6. The average molecular weight is 289 g/mol. The molecule has 21 heavy (non-hydrogen) atoms. The van der Waals surface area contributed by atoms with Gasteiger partial charge in [0.15, 0.2) is 0 Å². The van der Waals surface area contributed by atoms with Crippen LogP contribution in [0.5, 0.6) is 0 Å². The number of halogens is 1. The van der Waals surface area contributed by atoms with Crippen LogP contribution in [0.4, 0.5) is 14.9 Å². The summed E-state index contributed by atoms with van der Waals surface area (Å²) in [6, 6.07) is 8.44. The van der Waals surface area contributed by atoms with Gasteiger partial charge in [0.1, 0.15) is 11.4 Å². The molecule has 0 bridgehead atoms. The highest BCUT2D eigenvalue weighted by molar-refractivity contribution is 5.88. The van der Waals surface area contributed by atoms with Crippen molar-refractivity contribution in [2.45, 2.75) is 12.5 Å². The van der Waals surface area contributed by atoms with Gasteiger partial charge in [0, 0.05) is 6.20 Å². The summed E-state index contributed by atoms with van der Waals surface area (Å²) < 4.78 is 12.9. The van der Waals surface area contributed by atoms with Crippen molar-refractivity contribution < 1.29 is 14.3 Å². The van der Waals surface area contributed by atoms with Crippen LogP contribution in [-0.4, -0.2) is 22.7 Å². The zero-order valence-electron chi connectivity index (χ0n) is 11.5. The second-order valence-electron chi connectivity index (χ2n) is 4.83. The topological polar surface area (TPSA) is 74.2 Å². The largest absolute Gasteiger partial charge is 0.384 e. The Labute approximate surface area is 121 Å². The third-order valence-corrected chi connectivity index (χ3v) is 2.98. The molecule has 0 aliphatic rings. The van der Waals surface area contributed by atoms with Gasteiger partial charge in [-0.3, -0.25) is 4.98 Å². The number of nitrogens with one attached hydrogen (secondary N) is 2. The molecule has 0 saturated heterocycles. The van der Waals surface area contributed by atoms with Crippen molar-refractivity contribution in [1.29, 1.82) is 0 Å². The van der Waals surface area contributed by atoms with Crippen LogP contribution >= 0.6 is 0 Å². The van der Waals surface area contributed by atoms with E-state index in [-0.39, 0.29) is 12.4 Å². The van der Waals surface area contributed by atoms with Crippen molar-refractivity contribution in [3.05, 3.63) is 60.2 Å². The van der Waals surface area contributed by atoms with Gasteiger partial charge >= 0.3 is 6.03 Å². The number of benzene rings is 1. The lowest BCUT2D eigenvalue weighted by molar-refractivity contribution is 0.0599. The third-order valence-electron chi connectivity index (χ3n) is 2.98. The van der Waals surface area contributed by atoms with E-state index in [1.807, 2.05) is 0 Å². The number of carbonyl (C=O) groups excluding carboxylic acids is 1. The average Bonchev–Trinajstić information content (AvgIpc) is 2.47. The number of amides is 2. The summed E-state index contributed by atoms with van der Waals surface area (Å²) in [6.07, 6.45) is 3.11. The van der Waals surface area contributed by atoms with E-state index in [1.165, 1.54) is 30.5 Å². The van der Waals surface area contributed by atoms with E-state index >= 15 is 0 Å². The first kappa shape index (κ1) is 14.9. The quantitative estimate of drug-likeness (QED) is 0.808. The van der Waals surface area contributed by atoms with Gasteiger partial charge in [0.25, 0.3) is 0 Å². The van der Waals surface area contributed by atoms with Crippen molar-refractivity contribution in [1.82, 2.24) is 10.3 Å². The maximum atomic E-state index is 12.9. The van der Waals surface area contributed by atoms with Crippen LogP contribution in [0, 0.1) is 5.82 Å². The number of carbonyl (C=O) groups is 1. The van der Waals surface area contributed by atoms with Gasteiger partial charge in [0.2, 0.25) is 0 Å². The van der Waals surface area contributed by atoms with Crippen LogP contribution < -0.4 is 10.6 Å². The Morgan fingerprint density at radius 3 is 2.67 bits per heavy atom. The molecule has 6 heteroatoms. The van der Waals surface area contributed by atoms with Crippen LogP contribution in [-0.2, 0) is 5.60 Å². The third kappa shape index (κ3) is 4.25. The highest BCUT2D eigenvalue weighted by Crippen LogP contribution is 2.19. The Hall–Kier alpha value is -2.47. The minimum Gasteiger partial charge on any atom is -0.384 e. The molecule has 0 aliphatic heterocycles. The number of hydrogen-bond donors (Lipinski definition) is 3. The molecule has 0 spiro atoms. The number of aromatic nitrogens is 1. The van der Waals surface area contributed by atoms with Gasteiger partial charge in [-0.15, -0.1) is 0 Å². The Morgan fingerprint density at radius 2 is 2.05 bits per heavy atom. The molecule has 1 atom stereocenters. The Bertz CT molecular complexity index is 600. The van der Waals surface area contributed by atoms with E-state index in [9.17, 15) is 14.3 Å². The fourth-order valence-electron chi connectivity index (χ4n) is 1.78. The van der Waals surface area contributed by atoms with Crippen molar-refractivity contribution in [2.24, 2.45) is 0 Å². The SMILES string of the molecule is CC(O)(CNC(=O)Nc1cccnc1)c1ccc(F)cc1. The number of rotatable bonds is 4. The summed E-state index contributed by atoms with van der Waals surface area (Å²) in [7, 11) is 0. The molecule has 0 fully saturated rings. The standard InChI is InChI=1S/C15H16FN3O2/c1-15(21,11-4-6-12(16)7-5-11)10-18-14(20)19-13-3-2-8-17-9-13/h2-9,21H,10H2,1H3,(H2,18,19,20). The molecule has 110 valence electrons. The number of urea groups is 1. The lowest BCUT2D eigenvalue weighted by atomic mass is 9.96. The molecule has 0 aliphatic carbocycles. The number of aliphatic hydroxyl groups is 1. The first-order valence-electron chi connectivity index (χ1n) is 6.41. The summed E-state index contributed by atoms with van der Waals surface area (Å²) in [5.74, 6) is -0.378. The molecule has 3 N–H and O–H groups in total. The number of hydrogen-bond acceptors (Lipinski definition) is 3. The predicted molar refractivity (Wildman–Crippen MR) is 77.2 cm³/mol. The van der Waals surface area contributed by atoms with E-state index in [2.05, 4.69) is 15.6 Å². The molecule has 2 amide bonds. The molecule has 5 nitrogen and oxygen atoms in total. The number of anilines is 1. The van der Waals surface area contributed by atoms with E-state index in [1.54, 1.807) is 25.3 Å². The van der Waals surface area contributed by atoms with E-state index in [0.29, 0.717) is 11.3 Å². The monoisotopic (exact) mass is 289 g/mol. The summed E-state index contributed by atoms with van der Waals surface area (Å²) >= 11 is 0. The van der Waals surface area contributed by atoms with Gasteiger partial charge in [-0.1, -0.05) is 12.1 Å². The van der Waals surface area contributed by atoms with Crippen LogP contribution in [0.15, 0.2) is 48.8 Å². The molecule has 1 unspecified atom stereocenters. The van der Waals surface area contributed by atoms with Crippen LogP contribution in [0.25, 0.3) is 0 Å². The first-order chi connectivity index (χ1) is 9.97. The summed E-state index contributed by atoms with van der Waals surface area (Å²) in [5, 5.41) is 15.5. The van der Waals surface area contributed by atoms with Gasteiger partial charge in [-0.05, 0) is 36.8 Å². The van der Waals surface area contributed by atoms with Gasteiger partial charge < -0.3 is 15.7 Å². The lowest BCUT2D eigenvalue weighted by Gasteiger charge is -2.24. The second-order valence-corrected chi connectivity index (χ2v) is 4.83. The van der Waals surface area contributed by atoms with Crippen LogP contribution in [0.1, 0.15) is 12.5 Å². The zero-order chi connectivity index (χ0) is 15.3. The molecular formula is C15H16FN3O2. The number of nitrogens with zero attached hydrogens (tertiary/aromatic N) is 1. The van der Waals surface area contributed by atoms with Gasteiger partial charge in [-0.2, -0.15) is 0 Å². The molecule has 1 aromatic carbocycles. The lowest BCUT2D eigenvalue weighted by Crippen LogP contribution is -2.40. The molecule has 0 radical (unpaired) electrons. The molecule has 2 aromatic rings. The predicted octanol–water partition coefficient (Wildman–Crippen LogP) is 2.25. The maximum Gasteiger partial charge on any atom is 0.319 e. The van der Waals surface area contributed by atoms with Gasteiger partial charge in [-0.25, -0.2) is 9.18 Å². The van der Waals surface area contributed by atoms with Crippen molar-refractivity contribution in [3.8, 4) is 0 Å². The Morgan fingerprint density at radius 1 is 1.33 bits per heavy atom. The fraction of sp³-hybridized carbons (Fsp3) is 0.200.